The number of ether oxygens (including phenoxy) is 1. The molecule has 1 fully saturated rings. The number of carbonyl (C=O) groups is 1. The predicted molar refractivity (Wildman–Crippen MR) is 100 cm³/mol. The van der Waals surface area contributed by atoms with Gasteiger partial charge in [0.25, 0.3) is 5.89 Å². The van der Waals surface area contributed by atoms with Crippen LogP contribution in [0.5, 0.6) is 5.75 Å². The van der Waals surface area contributed by atoms with Crippen LogP contribution in [0.2, 0.25) is 0 Å². The Morgan fingerprint density at radius 3 is 2.71 bits per heavy atom. The number of nitrogens with zero attached hydrogens (tertiary/aromatic N) is 3. The van der Waals surface area contributed by atoms with Gasteiger partial charge >= 0.3 is 0 Å². The Kier molecular flexibility index (Phi) is 4.81. The highest BCUT2D eigenvalue weighted by Gasteiger charge is 2.36. The summed E-state index contributed by atoms with van der Waals surface area (Å²) in [5, 5.41) is 4.09. The Balaban J connectivity index is 1.53. The summed E-state index contributed by atoms with van der Waals surface area (Å²) in [6.07, 6.45) is 0.316. The summed E-state index contributed by atoms with van der Waals surface area (Å²) in [7, 11) is 1.58. The molecule has 1 aliphatic heterocycles. The fourth-order valence-electron chi connectivity index (χ4n) is 3.53. The normalized spacial score (nSPS) is 17.8. The van der Waals surface area contributed by atoms with Gasteiger partial charge in [0.1, 0.15) is 11.6 Å². The van der Waals surface area contributed by atoms with Crippen molar-refractivity contribution < 1.29 is 18.4 Å². The Labute approximate surface area is 161 Å². The molecule has 1 amide bonds. The molecule has 0 aliphatic carbocycles. The van der Waals surface area contributed by atoms with Crippen molar-refractivity contribution in [2.75, 3.05) is 13.7 Å². The second kappa shape index (κ2) is 7.42. The standard InChI is InChI=1S/C21H20FN3O3/c1-13(14-7-9-16(22)10-8-14)25-12-15(11-19(25)26)20-23-21(28-24-20)17-5-3-4-6-18(17)27-2/h3-10,13,15H,11-12H2,1-2H3. The van der Waals surface area contributed by atoms with Crippen LogP contribution >= 0.6 is 0 Å². The minimum atomic E-state index is -0.294. The second-order valence-corrected chi connectivity index (χ2v) is 6.83. The highest BCUT2D eigenvalue weighted by molar-refractivity contribution is 5.80. The molecule has 2 heterocycles. The number of hydrogen-bond acceptors (Lipinski definition) is 5. The van der Waals surface area contributed by atoms with Gasteiger partial charge in [-0.3, -0.25) is 4.79 Å². The summed E-state index contributed by atoms with van der Waals surface area (Å²) in [5.41, 5.74) is 1.60. The van der Waals surface area contributed by atoms with Crippen LogP contribution in [0.1, 0.15) is 36.7 Å². The molecule has 0 N–H and O–H groups in total. The zero-order chi connectivity index (χ0) is 19.7. The van der Waals surface area contributed by atoms with Crippen LogP contribution in [-0.4, -0.2) is 34.6 Å². The summed E-state index contributed by atoms with van der Waals surface area (Å²) in [5.74, 6) is 1.09. The smallest absolute Gasteiger partial charge is 0.261 e. The fraction of sp³-hybridized carbons (Fsp3) is 0.286. The number of methoxy groups -OCH3 is 1. The van der Waals surface area contributed by atoms with Crippen molar-refractivity contribution in [1.82, 2.24) is 15.0 Å². The third kappa shape index (κ3) is 3.35. The van der Waals surface area contributed by atoms with Gasteiger partial charge in [-0.25, -0.2) is 4.39 Å². The summed E-state index contributed by atoms with van der Waals surface area (Å²) in [4.78, 5) is 18.8. The first-order valence-corrected chi connectivity index (χ1v) is 9.08. The SMILES string of the molecule is COc1ccccc1-c1nc(C2CC(=O)N(C(C)c3ccc(F)cc3)C2)no1. The maximum Gasteiger partial charge on any atom is 0.261 e. The number of likely N-dealkylation sites (tertiary alicyclic amines) is 1. The van der Waals surface area contributed by atoms with Crippen molar-refractivity contribution >= 4 is 5.91 Å². The van der Waals surface area contributed by atoms with Gasteiger partial charge in [0.05, 0.1) is 18.7 Å². The molecular weight excluding hydrogens is 361 g/mol. The molecule has 0 bridgehead atoms. The Morgan fingerprint density at radius 2 is 1.96 bits per heavy atom. The average molecular weight is 381 g/mol. The third-order valence-corrected chi connectivity index (χ3v) is 5.12. The lowest BCUT2D eigenvalue weighted by atomic mass is 10.1. The Bertz CT molecular complexity index is 987. The van der Waals surface area contributed by atoms with Crippen molar-refractivity contribution in [3.8, 4) is 17.2 Å². The number of benzene rings is 2. The summed E-state index contributed by atoms with van der Waals surface area (Å²) in [6.45, 7) is 2.42. The molecule has 1 aromatic heterocycles. The molecule has 6 nitrogen and oxygen atoms in total. The number of rotatable bonds is 5. The van der Waals surface area contributed by atoms with E-state index >= 15 is 0 Å². The van der Waals surface area contributed by atoms with Crippen molar-refractivity contribution in [2.45, 2.75) is 25.3 Å². The second-order valence-electron chi connectivity index (χ2n) is 6.83. The monoisotopic (exact) mass is 381 g/mol. The molecule has 144 valence electrons. The van der Waals surface area contributed by atoms with Crippen LogP contribution in [0.25, 0.3) is 11.5 Å². The quantitative estimate of drug-likeness (QED) is 0.669. The first kappa shape index (κ1) is 18.2. The number of aromatic nitrogens is 2. The molecule has 3 aromatic rings. The van der Waals surface area contributed by atoms with Crippen LogP contribution in [0.3, 0.4) is 0 Å². The van der Waals surface area contributed by atoms with Gasteiger partial charge in [-0.15, -0.1) is 0 Å². The molecule has 0 spiro atoms. The minimum absolute atomic E-state index is 0.0190. The van der Waals surface area contributed by atoms with Crippen molar-refractivity contribution in [2.24, 2.45) is 0 Å². The molecule has 2 unspecified atom stereocenters. The van der Waals surface area contributed by atoms with Gasteiger partial charge in [-0.2, -0.15) is 4.98 Å². The maximum absolute atomic E-state index is 13.2. The highest BCUT2D eigenvalue weighted by atomic mass is 19.1. The van der Waals surface area contributed by atoms with Crippen molar-refractivity contribution in [1.29, 1.82) is 0 Å². The molecule has 0 saturated carbocycles. The van der Waals surface area contributed by atoms with Gasteiger partial charge < -0.3 is 14.2 Å². The van der Waals surface area contributed by atoms with Gasteiger partial charge in [0.2, 0.25) is 5.91 Å². The summed E-state index contributed by atoms with van der Waals surface area (Å²) < 4.78 is 23.9. The largest absolute Gasteiger partial charge is 0.496 e. The Morgan fingerprint density at radius 1 is 1.21 bits per heavy atom. The number of carbonyl (C=O) groups excluding carboxylic acids is 1. The lowest BCUT2D eigenvalue weighted by molar-refractivity contribution is -0.129. The van der Waals surface area contributed by atoms with Crippen LogP contribution in [0, 0.1) is 5.82 Å². The number of para-hydroxylation sites is 1. The van der Waals surface area contributed by atoms with Crippen LogP contribution < -0.4 is 4.74 Å². The molecule has 28 heavy (non-hydrogen) atoms. The molecule has 0 radical (unpaired) electrons. The molecule has 4 rings (SSSR count). The van der Waals surface area contributed by atoms with E-state index in [1.165, 1.54) is 12.1 Å². The van der Waals surface area contributed by atoms with Crippen LogP contribution in [0.15, 0.2) is 53.1 Å². The van der Waals surface area contributed by atoms with E-state index in [1.807, 2.05) is 31.2 Å². The first-order chi connectivity index (χ1) is 13.6. The van der Waals surface area contributed by atoms with E-state index in [-0.39, 0.29) is 23.7 Å². The zero-order valence-corrected chi connectivity index (χ0v) is 15.6. The summed E-state index contributed by atoms with van der Waals surface area (Å²) >= 11 is 0. The molecule has 7 heteroatoms. The van der Waals surface area contributed by atoms with E-state index in [4.69, 9.17) is 9.26 Å². The van der Waals surface area contributed by atoms with E-state index in [0.717, 1.165) is 5.56 Å². The van der Waals surface area contributed by atoms with Gasteiger partial charge in [0, 0.05) is 18.9 Å². The van der Waals surface area contributed by atoms with E-state index in [0.29, 0.717) is 36.0 Å². The zero-order valence-electron chi connectivity index (χ0n) is 15.6. The van der Waals surface area contributed by atoms with Crippen molar-refractivity contribution in [3.05, 3.63) is 65.7 Å². The topological polar surface area (TPSA) is 68.5 Å². The van der Waals surface area contributed by atoms with E-state index in [2.05, 4.69) is 10.1 Å². The number of amides is 1. The van der Waals surface area contributed by atoms with Gasteiger partial charge in [0.15, 0.2) is 5.82 Å². The minimum Gasteiger partial charge on any atom is -0.496 e. The molecular formula is C21H20FN3O3. The van der Waals surface area contributed by atoms with E-state index in [9.17, 15) is 9.18 Å². The molecule has 2 aromatic carbocycles. The fourth-order valence-corrected chi connectivity index (χ4v) is 3.53. The van der Waals surface area contributed by atoms with Gasteiger partial charge in [-0.1, -0.05) is 29.4 Å². The number of hydrogen-bond donors (Lipinski definition) is 0. The van der Waals surface area contributed by atoms with E-state index in [1.54, 1.807) is 24.1 Å². The molecule has 1 aliphatic rings. The van der Waals surface area contributed by atoms with Crippen LogP contribution in [0.4, 0.5) is 4.39 Å². The lowest BCUT2D eigenvalue weighted by Gasteiger charge is -2.25. The van der Waals surface area contributed by atoms with E-state index < -0.39 is 0 Å². The predicted octanol–water partition coefficient (Wildman–Crippen LogP) is 3.96. The van der Waals surface area contributed by atoms with Crippen LogP contribution in [-0.2, 0) is 4.79 Å². The third-order valence-electron chi connectivity index (χ3n) is 5.12. The first-order valence-electron chi connectivity index (χ1n) is 9.08. The Hall–Kier alpha value is -3.22. The van der Waals surface area contributed by atoms with Crippen molar-refractivity contribution in [3.63, 3.8) is 0 Å². The molecule has 2 atom stereocenters. The highest BCUT2D eigenvalue weighted by Crippen LogP contribution is 2.35. The van der Waals surface area contributed by atoms with Gasteiger partial charge in [-0.05, 0) is 36.8 Å². The average Bonchev–Trinajstić information content (AvgIpc) is 3.35. The number of halogens is 1. The molecule has 1 saturated heterocycles. The summed E-state index contributed by atoms with van der Waals surface area (Å²) in [6, 6.07) is 13.5. The lowest BCUT2D eigenvalue weighted by Crippen LogP contribution is -2.28. The maximum atomic E-state index is 13.2.